The zero-order valence-electron chi connectivity index (χ0n) is 10.2. The van der Waals surface area contributed by atoms with Crippen LogP contribution in [0.3, 0.4) is 0 Å². The molecule has 0 aromatic carbocycles. The van der Waals surface area contributed by atoms with Crippen molar-refractivity contribution >= 4 is 34.2 Å². The summed E-state index contributed by atoms with van der Waals surface area (Å²) in [5, 5.41) is 30.6. The molecular formula is C10H14IN5O4. The Morgan fingerprint density at radius 3 is 2.75 bits per heavy atom. The van der Waals surface area contributed by atoms with Gasteiger partial charge in [0.15, 0.2) is 12.0 Å². The Labute approximate surface area is 127 Å². The van der Waals surface area contributed by atoms with E-state index in [9.17, 15) is 10.2 Å². The SMILES string of the molecule is Nc1ncnc2c1C(I)N(C1O[C@H](CO)[C@@H](O)[C@H]1O)N2. The maximum atomic E-state index is 10.0. The number of aliphatic hydroxyl groups excluding tert-OH is 3. The molecule has 2 unspecified atom stereocenters. The summed E-state index contributed by atoms with van der Waals surface area (Å²) >= 11 is 2.11. The Morgan fingerprint density at radius 1 is 1.40 bits per heavy atom. The van der Waals surface area contributed by atoms with Crippen molar-refractivity contribution in [2.45, 2.75) is 28.6 Å². The number of ether oxygens (including phenoxy) is 1. The number of hydrogen-bond donors (Lipinski definition) is 5. The number of alkyl halides is 1. The number of nitrogens with one attached hydrogen (secondary N) is 1. The average Bonchev–Trinajstić information content (AvgIpc) is 2.90. The Bertz CT molecular complexity index is 520. The third-order valence-corrected chi connectivity index (χ3v) is 4.65. The minimum atomic E-state index is -1.15. The first-order valence-electron chi connectivity index (χ1n) is 5.96. The van der Waals surface area contributed by atoms with Crippen molar-refractivity contribution in [3.05, 3.63) is 11.9 Å². The van der Waals surface area contributed by atoms with E-state index in [0.29, 0.717) is 17.2 Å². The molecule has 9 nitrogen and oxygen atoms in total. The second-order valence-electron chi connectivity index (χ2n) is 4.60. The maximum absolute atomic E-state index is 10.0. The standard InChI is InChI=1S/C10H14IN5O4/c11-7-4-8(12)13-2-14-9(4)15-16(7)10-6(19)5(18)3(1-17)20-10/h2-3,5-7,10,17-19H,1H2,(H3,12,13,14,15)/t3-,5-,6-,7?,10?/m1/s1. The lowest BCUT2D eigenvalue weighted by Crippen LogP contribution is -2.45. The Kier molecular flexibility index (Phi) is 3.68. The van der Waals surface area contributed by atoms with Gasteiger partial charge in [-0.2, -0.15) is 5.01 Å². The fraction of sp³-hybridized carbons (Fsp3) is 0.600. The second-order valence-corrected chi connectivity index (χ2v) is 5.78. The summed E-state index contributed by atoms with van der Waals surface area (Å²) < 4.78 is 5.21. The lowest BCUT2D eigenvalue weighted by molar-refractivity contribution is -0.0878. The smallest absolute Gasteiger partial charge is 0.157 e. The van der Waals surface area contributed by atoms with Crippen LogP contribution in [0.5, 0.6) is 0 Å². The van der Waals surface area contributed by atoms with Gasteiger partial charge in [-0.1, -0.05) is 22.6 Å². The van der Waals surface area contributed by atoms with E-state index in [0.717, 1.165) is 0 Å². The van der Waals surface area contributed by atoms with Gasteiger partial charge >= 0.3 is 0 Å². The molecule has 0 saturated carbocycles. The van der Waals surface area contributed by atoms with Gasteiger partial charge in [-0.3, -0.25) is 5.43 Å². The van der Waals surface area contributed by atoms with Crippen LogP contribution in [0.4, 0.5) is 11.6 Å². The van der Waals surface area contributed by atoms with Gasteiger partial charge < -0.3 is 25.8 Å². The number of hydrazine groups is 1. The van der Waals surface area contributed by atoms with Crippen molar-refractivity contribution < 1.29 is 20.1 Å². The number of nitrogen functional groups attached to an aromatic ring is 1. The molecule has 0 bridgehead atoms. The summed E-state index contributed by atoms with van der Waals surface area (Å²) in [7, 11) is 0. The van der Waals surface area contributed by atoms with E-state index in [1.807, 2.05) is 0 Å². The predicted molar refractivity (Wildman–Crippen MR) is 76.4 cm³/mol. The number of nitrogens with two attached hydrogens (primary N) is 1. The van der Waals surface area contributed by atoms with Crippen LogP contribution < -0.4 is 11.2 Å². The van der Waals surface area contributed by atoms with Crippen molar-refractivity contribution in [3.63, 3.8) is 0 Å². The fourth-order valence-electron chi connectivity index (χ4n) is 2.35. The summed E-state index contributed by atoms with van der Waals surface area (Å²) in [6.45, 7) is -0.372. The first kappa shape index (κ1) is 14.2. The molecule has 20 heavy (non-hydrogen) atoms. The fourth-order valence-corrected chi connectivity index (χ4v) is 3.42. The van der Waals surface area contributed by atoms with Crippen molar-refractivity contribution in [2.24, 2.45) is 0 Å². The number of halogens is 1. The highest BCUT2D eigenvalue weighted by Crippen LogP contribution is 2.43. The van der Waals surface area contributed by atoms with Crippen LogP contribution in [0.15, 0.2) is 6.33 Å². The first-order chi connectivity index (χ1) is 9.54. The zero-order chi connectivity index (χ0) is 14.4. The molecule has 3 rings (SSSR count). The summed E-state index contributed by atoms with van der Waals surface area (Å²) in [5.41, 5.74) is 9.50. The minimum absolute atomic E-state index is 0.270. The molecule has 3 heterocycles. The summed E-state index contributed by atoms with van der Waals surface area (Å²) in [5.74, 6) is 0.880. The van der Waals surface area contributed by atoms with Gasteiger partial charge in [0.2, 0.25) is 0 Å². The molecule has 110 valence electrons. The molecule has 0 radical (unpaired) electrons. The molecule has 5 atom stereocenters. The van der Waals surface area contributed by atoms with Crippen molar-refractivity contribution in [1.82, 2.24) is 15.0 Å². The van der Waals surface area contributed by atoms with Gasteiger partial charge in [-0.15, -0.1) is 0 Å². The Balaban J connectivity index is 1.86. The van der Waals surface area contributed by atoms with Crippen LogP contribution in [-0.4, -0.2) is 61.4 Å². The Hall–Kier alpha value is -0.790. The largest absolute Gasteiger partial charge is 0.394 e. The van der Waals surface area contributed by atoms with Crippen molar-refractivity contribution in [2.75, 3.05) is 17.8 Å². The average molecular weight is 395 g/mol. The molecule has 1 aromatic rings. The van der Waals surface area contributed by atoms with Crippen molar-refractivity contribution in [3.8, 4) is 0 Å². The van der Waals surface area contributed by atoms with Crippen molar-refractivity contribution in [1.29, 1.82) is 0 Å². The molecule has 1 aromatic heterocycles. The molecule has 0 aliphatic carbocycles. The van der Waals surface area contributed by atoms with Crippen LogP contribution in [0, 0.1) is 0 Å². The topological polar surface area (TPSA) is 137 Å². The molecule has 6 N–H and O–H groups in total. The van der Waals surface area contributed by atoms with E-state index in [1.165, 1.54) is 6.33 Å². The van der Waals surface area contributed by atoms with Gasteiger partial charge in [0.05, 0.1) is 12.2 Å². The summed E-state index contributed by atoms with van der Waals surface area (Å²) in [6, 6.07) is 0. The number of aromatic nitrogens is 2. The molecule has 10 heteroatoms. The number of fused-ring (bicyclic) bond motifs is 1. The predicted octanol–water partition coefficient (Wildman–Crippen LogP) is -1.43. The number of anilines is 2. The zero-order valence-corrected chi connectivity index (χ0v) is 12.4. The molecule has 1 fully saturated rings. The van der Waals surface area contributed by atoms with Gasteiger partial charge in [0, 0.05) is 0 Å². The van der Waals surface area contributed by atoms with E-state index >= 15 is 0 Å². The van der Waals surface area contributed by atoms with E-state index in [1.54, 1.807) is 5.01 Å². The van der Waals surface area contributed by atoms with Gasteiger partial charge in [-0.05, 0) is 0 Å². The summed E-state index contributed by atoms with van der Waals surface area (Å²) in [6.07, 6.45) is -2.61. The third kappa shape index (κ3) is 2.03. The maximum Gasteiger partial charge on any atom is 0.157 e. The van der Waals surface area contributed by atoms with E-state index in [-0.39, 0.29) is 10.7 Å². The number of hydrogen-bond acceptors (Lipinski definition) is 9. The monoisotopic (exact) mass is 395 g/mol. The number of nitrogens with zero attached hydrogens (tertiary/aromatic N) is 3. The molecular weight excluding hydrogens is 381 g/mol. The molecule has 0 amide bonds. The van der Waals surface area contributed by atoms with E-state index in [2.05, 4.69) is 38.0 Å². The highest BCUT2D eigenvalue weighted by Gasteiger charge is 2.49. The lowest BCUT2D eigenvalue weighted by Gasteiger charge is -2.28. The molecule has 2 aliphatic heterocycles. The lowest BCUT2D eigenvalue weighted by atomic mass is 10.1. The third-order valence-electron chi connectivity index (χ3n) is 3.42. The van der Waals surface area contributed by atoms with E-state index < -0.39 is 24.5 Å². The first-order valence-corrected chi connectivity index (χ1v) is 7.21. The molecule has 2 aliphatic rings. The van der Waals surface area contributed by atoms with Crippen LogP contribution in [0.1, 0.15) is 9.61 Å². The highest BCUT2D eigenvalue weighted by molar-refractivity contribution is 14.1. The second kappa shape index (κ2) is 5.20. The summed E-state index contributed by atoms with van der Waals surface area (Å²) in [4.78, 5) is 8.01. The highest BCUT2D eigenvalue weighted by atomic mass is 127. The quantitative estimate of drug-likeness (QED) is 0.232. The van der Waals surface area contributed by atoms with Gasteiger partial charge in [-0.25, -0.2) is 9.97 Å². The molecule has 1 saturated heterocycles. The number of rotatable bonds is 2. The van der Waals surface area contributed by atoms with Crippen LogP contribution in [0.25, 0.3) is 0 Å². The molecule has 0 spiro atoms. The van der Waals surface area contributed by atoms with Crippen LogP contribution in [-0.2, 0) is 4.74 Å². The Morgan fingerprint density at radius 2 is 2.15 bits per heavy atom. The van der Waals surface area contributed by atoms with Gasteiger partial charge in [0.25, 0.3) is 0 Å². The number of aliphatic hydroxyl groups is 3. The minimum Gasteiger partial charge on any atom is -0.394 e. The van der Waals surface area contributed by atoms with E-state index in [4.69, 9.17) is 15.6 Å². The normalized spacial score (nSPS) is 36.9. The van der Waals surface area contributed by atoms with Crippen LogP contribution >= 0.6 is 22.6 Å². The van der Waals surface area contributed by atoms with Gasteiger partial charge in [0.1, 0.15) is 34.5 Å². The van der Waals surface area contributed by atoms with Crippen LogP contribution in [0.2, 0.25) is 0 Å².